The number of hydrogen-bond acceptors (Lipinski definition) is 5. The van der Waals surface area contributed by atoms with Crippen molar-refractivity contribution < 1.29 is 4.74 Å². The van der Waals surface area contributed by atoms with E-state index < -0.39 is 0 Å². The number of hydrogen-bond donors (Lipinski definition) is 1. The smallest absolute Gasteiger partial charge is 0.171 e. The van der Waals surface area contributed by atoms with E-state index in [0.29, 0.717) is 18.0 Å². The molecule has 0 aliphatic carbocycles. The van der Waals surface area contributed by atoms with Gasteiger partial charge in [-0.1, -0.05) is 6.92 Å². The monoisotopic (exact) mass is 282 g/mol. The third-order valence-corrected chi connectivity index (χ3v) is 3.16. The maximum absolute atomic E-state index is 9.27. The van der Waals surface area contributed by atoms with Crippen molar-refractivity contribution >= 4 is 11.5 Å². The van der Waals surface area contributed by atoms with Gasteiger partial charge in [0.25, 0.3) is 0 Å². The molecule has 1 aromatic carbocycles. The Morgan fingerprint density at radius 2 is 1.90 bits per heavy atom. The van der Waals surface area contributed by atoms with Crippen LogP contribution in [0.4, 0.5) is 11.5 Å². The molecular formula is C16H18N4O. The van der Waals surface area contributed by atoms with Crippen molar-refractivity contribution in [3.8, 4) is 11.8 Å². The quantitative estimate of drug-likeness (QED) is 0.908. The molecular weight excluding hydrogens is 264 g/mol. The molecule has 5 heteroatoms. The van der Waals surface area contributed by atoms with Gasteiger partial charge in [0.15, 0.2) is 5.82 Å². The highest BCUT2D eigenvalue weighted by molar-refractivity contribution is 5.64. The molecule has 0 amide bonds. The number of nitrogens with zero attached hydrogens (tertiary/aromatic N) is 3. The molecule has 1 heterocycles. The van der Waals surface area contributed by atoms with E-state index in [1.165, 1.54) is 0 Å². The summed E-state index contributed by atoms with van der Waals surface area (Å²) < 4.78 is 5.53. The van der Waals surface area contributed by atoms with Crippen LogP contribution in [0.5, 0.6) is 5.75 Å². The Labute approximate surface area is 124 Å². The summed E-state index contributed by atoms with van der Waals surface area (Å²) in [6.45, 7) is 6.48. The molecule has 0 bridgehead atoms. The maximum atomic E-state index is 9.27. The molecule has 0 aliphatic rings. The molecule has 1 aromatic heterocycles. The fourth-order valence-corrected chi connectivity index (χ4v) is 1.82. The van der Waals surface area contributed by atoms with Crippen molar-refractivity contribution in [1.29, 1.82) is 5.26 Å². The lowest BCUT2D eigenvalue weighted by molar-refractivity contribution is 0.317. The Morgan fingerprint density at radius 3 is 2.52 bits per heavy atom. The van der Waals surface area contributed by atoms with Crippen molar-refractivity contribution in [3.63, 3.8) is 0 Å². The van der Waals surface area contributed by atoms with Gasteiger partial charge in [0.2, 0.25) is 0 Å². The number of rotatable bonds is 5. The Hall–Kier alpha value is -2.61. The maximum Gasteiger partial charge on any atom is 0.171 e. The first kappa shape index (κ1) is 14.8. The number of benzene rings is 1. The third kappa shape index (κ3) is 3.48. The van der Waals surface area contributed by atoms with Crippen molar-refractivity contribution in [2.45, 2.75) is 27.2 Å². The zero-order chi connectivity index (χ0) is 15.2. The van der Waals surface area contributed by atoms with Gasteiger partial charge in [0, 0.05) is 5.69 Å². The van der Waals surface area contributed by atoms with Gasteiger partial charge in [-0.05, 0) is 50.1 Å². The molecule has 0 fully saturated rings. The zero-order valence-electron chi connectivity index (χ0n) is 12.5. The van der Waals surface area contributed by atoms with Crippen LogP contribution in [0.2, 0.25) is 0 Å². The summed E-state index contributed by atoms with van der Waals surface area (Å²) >= 11 is 0. The molecule has 0 aliphatic heterocycles. The molecule has 0 saturated carbocycles. The molecule has 21 heavy (non-hydrogen) atoms. The van der Waals surface area contributed by atoms with Crippen molar-refractivity contribution in [3.05, 3.63) is 41.1 Å². The molecule has 5 nitrogen and oxygen atoms in total. The molecule has 0 spiro atoms. The Balaban J connectivity index is 2.19. The lowest BCUT2D eigenvalue weighted by atomic mass is 10.1. The van der Waals surface area contributed by atoms with Crippen LogP contribution < -0.4 is 10.1 Å². The van der Waals surface area contributed by atoms with Crippen LogP contribution in [0.3, 0.4) is 0 Å². The summed E-state index contributed by atoms with van der Waals surface area (Å²) in [5, 5.41) is 20.5. The first-order valence-electron chi connectivity index (χ1n) is 6.89. The topological polar surface area (TPSA) is 70.8 Å². The largest absolute Gasteiger partial charge is 0.494 e. The first-order valence-corrected chi connectivity index (χ1v) is 6.89. The standard InChI is InChI=1S/C16H18N4O/c1-4-9-21-14-7-5-13(6-8-14)18-16-15(10-17)11(2)12(3)19-20-16/h5-8H,4,9H2,1-3H3,(H,18,20). The Bertz CT molecular complexity index is 659. The van der Waals surface area contributed by atoms with E-state index in [2.05, 4.69) is 28.5 Å². The minimum absolute atomic E-state index is 0.475. The van der Waals surface area contributed by atoms with E-state index in [1.807, 2.05) is 38.1 Å². The summed E-state index contributed by atoms with van der Waals surface area (Å²) in [6.07, 6.45) is 0.976. The van der Waals surface area contributed by atoms with Crippen LogP contribution in [0, 0.1) is 25.2 Å². The van der Waals surface area contributed by atoms with Gasteiger partial charge < -0.3 is 10.1 Å². The lowest BCUT2D eigenvalue weighted by Gasteiger charge is -2.10. The minimum Gasteiger partial charge on any atom is -0.494 e. The fraction of sp³-hybridized carbons (Fsp3) is 0.312. The summed E-state index contributed by atoms with van der Waals surface area (Å²) in [5.74, 6) is 1.30. The summed E-state index contributed by atoms with van der Waals surface area (Å²) in [5.41, 5.74) is 2.97. The van der Waals surface area contributed by atoms with Crippen molar-refractivity contribution in [2.75, 3.05) is 11.9 Å². The normalized spacial score (nSPS) is 10.0. The van der Waals surface area contributed by atoms with Gasteiger partial charge in [-0.15, -0.1) is 5.10 Å². The molecule has 108 valence electrons. The number of nitrogens with one attached hydrogen (secondary N) is 1. The first-order chi connectivity index (χ1) is 10.2. The van der Waals surface area contributed by atoms with Crippen LogP contribution in [0.1, 0.15) is 30.2 Å². The molecule has 1 N–H and O–H groups in total. The second kappa shape index (κ2) is 6.71. The lowest BCUT2D eigenvalue weighted by Crippen LogP contribution is -2.03. The second-order valence-corrected chi connectivity index (χ2v) is 4.74. The van der Waals surface area contributed by atoms with Crippen LogP contribution in [-0.2, 0) is 0 Å². The van der Waals surface area contributed by atoms with Crippen LogP contribution in [-0.4, -0.2) is 16.8 Å². The number of ether oxygens (including phenoxy) is 1. The Kier molecular flexibility index (Phi) is 4.72. The molecule has 0 saturated heterocycles. The van der Waals surface area contributed by atoms with Crippen LogP contribution in [0.15, 0.2) is 24.3 Å². The highest BCUT2D eigenvalue weighted by Gasteiger charge is 2.10. The highest BCUT2D eigenvalue weighted by Crippen LogP contribution is 2.23. The number of nitriles is 1. The molecule has 0 radical (unpaired) electrons. The van der Waals surface area contributed by atoms with Gasteiger partial charge in [-0.25, -0.2) is 0 Å². The molecule has 0 atom stereocenters. The Morgan fingerprint density at radius 1 is 1.19 bits per heavy atom. The average Bonchev–Trinajstić information content (AvgIpc) is 2.50. The number of aromatic nitrogens is 2. The average molecular weight is 282 g/mol. The summed E-state index contributed by atoms with van der Waals surface area (Å²) in [4.78, 5) is 0. The van der Waals surface area contributed by atoms with E-state index in [1.54, 1.807) is 0 Å². The van der Waals surface area contributed by atoms with Gasteiger partial charge in [-0.2, -0.15) is 10.4 Å². The summed E-state index contributed by atoms with van der Waals surface area (Å²) in [6, 6.07) is 9.73. The third-order valence-electron chi connectivity index (χ3n) is 3.16. The van der Waals surface area contributed by atoms with Gasteiger partial charge in [0.05, 0.1) is 12.3 Å². The van der Waals surface area contributed by atoms with E-state index in [0.717, 1.165) is 29.1 Å². The minimum atomic E-state index is 0.475. The number of aryl methyl sites for hydroxylation is 1. The van der Waals surface area contributed by atoms with Crippen molar-refractivity contribution in [1.82, 2.24) is 10.2 Å². The van der Waals surface area contributed by atoms with Crippen LogP contribution in [0.25, 0.3) is 0 Å². The molecule has 0 unspecified atom stereocenters. The van der Waals surface area contributed by atoms with E-state index in [-0.39, 0.29) is 0 Å². The van der Waals surface area contributed by atoms with Gasteiger partial charge in [0.1, 0.15) is 17.4 Å². The highest BCUT2D eigenvalue weighted by atomic mass is 16.5. The molecule has 2 aromatic rings. The number of anilines is 2. The van der Waals surface area contributed by atoms with Crippen molar-refractivity contribution in [2.24, 2.45) is 0 Å². The van der Waals surface area contributed by atoms with Gasteiger partial charge in [-0.3, -0.25) is 0 Å². The fourth-order valence-electron chi connectivity index (χ4n) is 1.82. The predicted octanol–water partition coefficient (Wildman–Crippen LogP) is 3.50. The van der Waals surface area contributed by atoms with Gasteiger partial charge >= 0.3 is 0 Å². The molecule has 2 rings (SSSR count). The van der Waals surface area contributed by atoms with E-state index in [9.17, 15) is 5.26 Å². The summed E-state index contributed by atoms with van der Waals surface area (Å²) in [7, 11) is 0. The van der Waals surface area contributed by atoms with Crippen LogP contribution >= 0.6 is 0 Å². The second-order valence-electron chi connectivity index (χ2n) is 4.74. The SMILES string of the molecule is CCCOc1ccc(Nc2nnc(C)c(C)c2C#N)cc1. The van der Waals surface area contributed by atoms with E-state index in [4.69, 9.17) is 4.74 Å². The predicted molar refractivity (Wildman–Crippen MR) is 81.7 cm³/mol. The zero-order valence-corrected chi connectivity index (χ0v) is 12.5. The van der Waals surface area contributed by atoms with E-state index >= 15 is 0 Å².